The van der Waals surface area contributed by atoms with Gasteiger partial charge in [-0.2, -0.15) is 0 Å². The third-order valence-electron chi connectivity index (χ3n) is 3.14. The highest BCUT2D eigenvalue weighted by Gasteiger charge is 2.12. The number of hydrogen-bond donors (Lipinski definition) is 1. The molecule has 0 fully saturated rings. The van der Waals surface area contributed by atoms with Crippen LogP contribution in [-0.4, -0.2) is 28.3 Å². The topological polar surface area (TPSA) is 50.8 Å². The monoisotopic (exact) mass is 285 g/mol. The van der Waals surface area contributed by atoms with Crippen LogP contribution in [0.25, 0.3) is 22.6 Å². The van der Waals surface area contributed by atoms with E-state index in [1.165, 1.54) is 0 Å². The van der Waals surface area contributed by atoms with E-state index in [-0.39, 0.29) is 0 Å². The first-order valence-electron chi connectivity index (χ1n) is 6.26. The number of H-pyrrole nitrogens is 1. The van der Waals surface area contributed by atoms with E-state index in [4.69, 9.17) is 4.74 Å². The number of fused-ring (bicyclic) bond motifs is 1. The Labute approximate surface area is 121 Å². The summed E-state index contributed by atoms with van der Waals surface area (Å²) >= 11 is 1.69. The Hall–Kier alpha value is -2.01. The summed E-state index contributed by atoms with van der Waals surface area (Å²) < 4.78 is 5.47. The number of pyridine rings is 1. The predicted octanol–water partition coefficient (Wildman–Crippen LogP) is 3.66. The van der Waals surface area contributed by atoms with E-state index in [9.17, 15) is 0 Å². The van der Waals surface area contributed by atoms with Gasteiger partial charge in [0.15, 0.2) is 5.65 Å². The van der Waals surface area contributed by atoms with E-state index in [0.29, 0.717) is 0 Å². The summed E-state index contributed by atoms with van der Waals surface area (Å²) in [4.78, 5) is 13.3. The zero-order chi connectivity index (χ0) is 14.1. The molecular weight excluding hydrogens is 270 g/mol. The van der Waals surface area contributed by atoms with Crippen LogP contribution in [0.3, 0.4) is 0 Å². The maximum atomic E-state index is 5.47. The predicted molar refractivity (Wildman–Crippen MR) is 82.4 cm³/mol. The Morgan fingerprint density at radius 2 is 2.10 bits per heavy atom. The number of nitrogens with zero attached hydrogens (tertiary/aromatic N) is 2. The van der Waals surface area contributed by atoms with Crippen molar-refractivity contribution in [2.75, 3.05) is 13.4 Å². The van der Waals surface area contributed by atoms with E-state index in [1.807, 2.05) is 37.6 Å². The highest BCUT2D eigenvalue weighted by molar-refractivity contribution is 7.98. The lowest BCUT2D eigenvalue weighted by molar-refractivity contribution is 0.415. The number of aromatic nitrogens is 3. The Morgan fingerprint density at radius 3 is 2.85 bits per heavy atom. The largest absolute Gasteiger partial charge is 0.496 e. The Morgan fingerprint density at radius 1 is 1.25 bits per heavy atom. The molecule has 0 radical (unpaired) electrons. The van der Waals surface area contributed by atoms with Crippen molar-refractivity contribution in [2.45, 2.75) is 11.8 Å². The molecule has 0 spiro atoms. The molecule has 102 valence electrons. The van der Waals surface area contributed by atoms with Gasteiger partial charge in [0.1, 0.15) is 11.6 Å². The second-order valence-corrected chi connectivity index (χ2v) is 5.42. The lowest BCUT2D eigenvalue weighted by atomic mass is 10.2. The highest BCUT2D eigenvalue weighted by atomic mass is 32.2. The first-order valence-corrected chi connectivity index (χ1v) is 7.48. The molecule has 0 unspecified atom stereocenters. The lowest BCUT2D eigenvalue weighted by Crippen LogP contribution is -1.89. The molecule has 20 heavy (non-hydrogen) atoms. The summed E-state index contributed by atoms with van der Waals surface area (Å²) in [6, 6.07) is 8.15. The standard InChI is InChI=1S/C15H15N3OS/c1-9-6-12-15(16-8-9)18-14(17-12)11-5-4-10(20-3)7-13(11)19-2/h4-8H,1-3H3,(H,16,17,18). The molecule has 4 nitrogen and oxygen atoms in total. The SMILES string of the molecule is COc1cc(SC)ccc1-c1nc2ncc(C)cc2[nH]1. The van der Waals surface area contributed by atoms with Crippen molar-refractivity contribution in [1.82, 2.24) is 15.0 Å². The summed E-state index contributed by atoms with van der Waals surface area (Å²) in [6.07, 6.45) is 3.86. The highest BCUT2D eigenvalue weighted by Crippen LogP contribution is 2.32. The van der Waals surface area contributed by atoms with E-state index in [2.05, 4.69) is 21.0 Å². The van der Waals surface area contributed by atoms with Crippen LogP contribution in [0.2, 0.25) is 0 Å². The third-order valence-corrected chi connectivity index (χ3v) is 3.86. The molecule has 0 atom stereocenters. The molecule has 0 aliphatic heterocycles. The molecule has 0 saturated heterocycles. The van der Waals surface area contributed by atoms with Crippen molar-refractivity contribution in [2.24, 2.45) is 0 Å². The Balaban J connectivity index is 2.14. The van der Waals surface area contributed by atoms with Gasteiger partial charge in [-0.05, 0) is 43.0 Å². The molecule has 0 saturated carbocycles. The molecule has 1 N–H and O–H groups in total. The minimum absolute atomic E-state index is 0.724. The Bertz CT molecular complexity index is 767. The van der Waals surface area contributed by atoms with Crippen LogP contribution in [0.4, 0.5) is 0 Å². The maximum Gasteiger partial charge on any atom is 0.178 e. The number of rotatable bonds is 3. The van der Waals surface area contributed by atoms with Gasteiger partial charge < -0.3 is 9.72 Å². The van der Waals surface area contributed by atoms with Gasteiger partial charge in [0, 0.05) is 11.1 Å². The lowest BCUT2D eigenvalue weighted by Gasteiger charge is -2.07. The van der Waals surface area contributed by atoms with Crippen LogP contribution in [-0.2, 0) is 0 Å². The van der Waals surface area contributed by atoms with E-state index < -0.39 is 0 Å². The molecule has 0 aliphatic rings. The fourth-order valence-electron chi connectivity index (χ4n) is 2.13. The van der Waals surface area contributed by atoms with Gasteiger partial charge in [0.05, 0.1) is 18.2 Å². The molecular formula is C15H15N3OS. The molecule has 5 heteroatoms. The first-order chi connectivity index (χ1) is 9.71. The van der Waals surface area contributed by atoms with Crippen LogP contribution in [0.1, 0.15) is 5.56 Å². The molecule has 3 aromatic rings. The van der Waals surface area contributed by atoms with Gasteiger partial charge >= 0.3 is 0 Å². The van der Waals surface area contributed by atoms with Gasteiger partial charge in [0.25, 0.3) is 0 Å². The number of nitrogens with one attached hydrogen (secondary N) is 1. The molecule has 2 aromatic heterocycles. The smallest absolute Gasteiger partial charge is 0.178 e. The number of ether oxygens (including phenoxy) is 1. The number of benzene rings is 1. The fraction of sp³-hybridized carbons (Fsp3) is 0.200. The van der Waals surface area contributed by atoms with Crippen molar-refractivity contribution in [3.05, 3.63) is 36.0 Å². The van der Waals surface area contributed by atoms with E-state index in [0.717, 1.165) is 38.8 Å². The second-order valence-electron chi connectivity index (χ2n) is 4.54. The minimum atomic E-state index is 0.724. The molecule has 0 aliphatic carbocycles. The minimum Gasteiger partial charge on any atom is -0.496 e. The van der Waals surface area contributed by atoms with E-state index in [1.54, 1.807) is 18.9 Å². The van der Waals surface area contributed by atoms with Crippen LogP contribution in [0, 0.1) is 6.92 Å². The van der Waals surface area contributed by atoms with Gasteiger partial charge in [-0.25, -0.2) is 9.97 Å². The average molecular weight is 285 g/mol. The van der Waals surface area contributed by atoms with Crippen molar-refractivity contribution in [1.29, 1.82) is 0 Å². The van der Waals surface area contributed by atoms with Crippen molar-refractivity contribution in [3.63, 3.8) is 0 Å². The number of imidazole rings is 1. The maximum absolute atomic E-state index is 5.47. The summed E-state index contributed by atoms with van der Waals surface area (Å²) in [5, 5.41) is 0. The van der Waals surface area contributed by atoms with Crippen LogP contribution >= 0.6 is 11.8 Å². The first kappa shape index (κ1) is 13.0. The van der Waals surface area contributed by atoms with Crippen LogP contribution < -0.4 is 4.74 Å². The van der Waals surface area contributed by atoms with Crippen LogP contribution in [0.15, 0.2) is 35.4 Å². The summed E-state index contributed by atoms with van der Waals surface area (Å²) in [5.41, 5.74) is 3.72. The zero-order valence-corrected chi connectivity index (χ0v) is 12.4. The number of aromatic amines is 1. The van der Waals surface area contributed by atoms with Crippen molar-refractivity contribution >= 4 is 22.9 Å². The third kappa shape index (κ3) is 2.25. The number of methoxy groups -OCH3 is 1. The van der Waals surface area contributed by atoms with Gasteiger partial charge in [-0.1, -0.05) is 0 Å². The van der Waals surface area contributed by atoms with Gasteiger partial charge in [-0.15, -0.1) is 11.8 Å². The number of hydrogen-bond acceptors (Lipinski definition) is 4. The quantitative estimate of drug-likeness (QED) is 0.746. The Kier molecular flexibility index (Phi) is 3.36. The number of thioether (sulfide) groups is 1. The van der Waals surface area contributed by atoms with Gasteiger partial charge in [-0.3, -0.25) is 0 Å². The molecule has 0 bridgehead atoms. The molecule has 1 aromatic carbocycles. The molecule has 0 amide bonds. The fourth-order valence-corrected chi connectivity index (χ4v) is 2.56. The molecule has 3 rings (SSSR count). The van der Waals surface area contributed by atoms with Crippen molar-refractivity contribution in [3.8, 4) is 17.1 Å². The van der Waals surface area contributed by atoms with Crippen LogP contribution in [0.5, 0.6) is 5.75 Å². The normalized spacial score (nSPS) is 10.9. The van der Waals surface area contributed by atoms with Gasteiger partial charge in [0.2, 0.25) is 0 Å². The zero-order valence-electron chi connectivity index (χ0n) is 11.6. The number of aryl methyl sites for hydroxylation is 1. The summed E-state index contributed by atoms with van der Waals surface area (Å²) in [6.45, 7) is 2.01. The molecule has 2 heterocycles. The average Bonchev–Trinajstić information content (AvgIpc) is 2.89. The van der Waals surface area contributed by atoms with Crippen molar-refractivity contribution < 1.29 is 4.74 Å². The summed E-state index contributed by atoms with van der Waals surface area (Å²) in [7, 11) is 1.67. The summed E-state index contributed by atoms with van der Waals surface area (Å²) in [5.74, 6) is 1.59. The van der Waals surface area contributed by atoms with E-state index >= 15 is 0 Å². The second kappa shape index (κ2) is 5.17.